The number of ether oxygens (including phenoxy) is 3. The number of rotatable bonds is 7. The third-order valence-corrected chi connectivity index (χ3v) is 5.13. The summed E-state index contributed by atoms with van der Waals surface area (Å²) in [6.07, 6.45) is 2.15. The number of esters is 2. The summed E-state index contributed by atoms with van der Waals surface area (Å²) in [7, 11) is 1.44. The molecule has 0 radical (unpaired) electrons. The van der Waals surface area contributed by atoms with Gasteiger partial charge in [0.05, 0.1) is 0 Å². The number of benzene rings is 1. The molecule has 5 nitrogen and oxygen atoms in total. The number of carbonyl (C=O) groups is 2. The largest absolute Gasteiger partial charge is 0.460 e. The van der Waals surface area contributed by atoms with Crippen LogP contribution in [0.2, 0.25) is 0 Å². The van der Waals surface area contributed by atoms with E-state index in [2.05, 4.69) is 20.8 Å². The Morgan fingerprint density at radius 2 is 1.85 bits per heavy atom. The third-order valence-electron chi connectivity index (χ3n) is 5.13. The summed E-state index contributed by atoms with van der Waals surface area (Å²) in [5, 5.41) is 0. The van der Waals surface area contributed by atoms with Crippen molar-refractivity contribution >= 4 is 11.9 Å². The molecule has 1 aliphatic rings. The van der Waals surface area contributed by atoms with Gasteiger partial charge in [-0.1, -0.05) is 57.5 Å². The molecule has 2 rings (SSSR count). The lowest BCUT2D eigenvalue weighted by molar-refractivity contribution is -0.171. The zero-order valence-corrected chi connectivity index (χ0v) is 16.1. The first-order valence-corrected chi connectivity index (χ1v) is 9.36. The second-order valence-electron chi connectivity index (χ2n) is 7.49. The van der Waals surface area contributed by atoms with Crippen LogP contribution in [0.5, 0.6) is 0 Å². The highest BCUT2D eigenvalue weighted by Gasteiger charge is 2.33. The monoisotopic (exact) mass is 362 g/mol. The van der Waals surface area contributed by atoms with Crippen LogP contribution in [-0.2, 0) is 23.8 Å². The van der Waals surface area contributed by atoms with E-state index in [0.717, 1.165) is 12.8 Å². The zero-order chi connectivity index (χ0) is 19.1. The SMILES string of the molecule is COC(C(=O)OCC(=O)O[C@@H]1C[C@H](C)CC[C@H]1C(C)C)c1ccccc1. The van der Waals surface area contributed by atoms with E-state index in [1.165, 1.54) is 13.5 Å². The van der Waals surface area contributed by atoms with Crippen LogP contribution in [0, 0.1) is 17.8 Å². The Hall–Kier alpha value is -1.88. The van der Waals surface area contributed by atoms with Gasteiger partial charge in [-0.3, -0.25) is 0 Å². The van der Waals surface area contributed by atoms with E-state index < -0.39 is 18.0 Å². The molecule has 1 aromatic carbocycles. The van der Waals surface area contributed by atoms with Crippen molar-refractivity contribution in [3.05, 3.63) is 35.9 Å². The average Bonchev–Trinajstić information content (AvgIpc) is 2.61. The highest BCUT2D eigenvalue weighted by molar-refractivity contribution is 5.80. The highest BCUT2D eigenvalue weighted by atomic mass is 16.6. The topological polar surface area (TPSA) is 61.8 Å². The van der Waals surface area contributed by atoms with Crippen molar-refractivity contribution in [2.75, 3.05) is 13.7 Å². The summed E-state index contributed by atoms with van der Waals surface area (Å²) in [5.41, 5.74) is 0.689. The molecule has 0 aliphatic heterocycles. The van der Waals surface area contributed by atoms with E-state index >= 15 is 0 Å². The molecule has 1 saturated carbocycles. The summed E-state index contributed by atoms with van der Waals surface area (Å²) in [5.74, 6) is 0.279. The average molecular weight is 362 g/mol. The van der Waals surface area contributed by atoms with Crippen molar-refractivity contribution in [3.8, 4) is 0 Å². The fraction of sp³-hybridized carbons (Fsp3) is 0.619. The normalized spacial score (nSPS) is 24.1. The fourth-order valence-corrected chi connectivity index (χ4v) is 3.66. The van der Waals surface area contributed by atoms with Crippen molar-refractivity contribution in [1.82, 2.24) is 0 Å². The summed E-state index contributed by atoms with van der Waals surface area (Å²) in [4.78, 5) is 24.4. The van der Waals surface area contributed by atoms with Gasteiger partial charge < -0.3 is 14.2 Å². The second-order valence-corrected chi connectivity index (χ2v) is 7.49. The molecule has 26 heavy (non-hydrogen) atoms. The predicted octanol–water partition coefficient (Wildman–Crippen LogP) is 3.92. The second kappa shape index (κ2) is 9.72. The summed E-state index contributed by atoms with van der Waals surface area (Å²) in [6.45, 7) is 6.11. The molecule has 1 unspecified atom stereocenters. The van der Waals surface area contributed by atoms with E-state index in [9.17, 15) is 9.59 Å². The van der Waals surface area contributed by atoms with Crippen molar-refractivity contribution in [1.29, 1.82) is 0 Å². The van der Waals surface area contributed by atoms with Gasteiger partial charge in [-0.15, -0.1) is 0 Å². The van der Waals surface area contributed by atoms with Crippen molar-refractivity contribution < 1.29 is 23.8 Å². The van der Waals surface area contributed by atoms with Crippen LogP contribution >= 0.6 is 0 Å². The molecule has 0 saturated heterocycles. The molecule has 4 atom stereocenters. The minimum absolute atomic E-state index is 0.0997. The third kappa shape index (κ3) is 5.56. The van der Waals surface area contributed by atoms with Crippen molar-refractivity contribution in [2.24, 2.45) is 17.8 Å². The molecule has 0 amide bonds. The van der Waals surface area contributed by atoms with E-state index in [0.29, 0.717) is 23.3 Å². The van der Waals surface area contributed by atoms with Crippen LogP contribution in [0.4, 0.5) is 0 Å². The quantitative estimate of drug-likeness (QED) is 0.688. The first kappa shape index (κ1) is 20.4. The van der Waals surface area contributed by atoms with Gasteiger partial charge in [-0.05, 0) is 36.2 Å². The highest BCUT2D eigenvalue weighted by Crippen LogP contribution is 2.35. The standard InChI is InChI=1S/C21H30O5/c1-14(2)17-11-10-15(3)12-18(17)26-19(22)13-25-21(23)20(24-4)16-8-6-5-7-9-16/h5-9,14-15,17-18,20H,10-13H2,1-4H3/t15-,17+,18-,20?/m1/s1. The lowest BCUT2D eigenvalue weighted by Gasteiger charge is -2.36. The Bertz CT molecular complexity index is 583. The van der Waals surface area contributed by atoms with Crippen LogP contribution in [0.15, 0.2) is 30.3 Å². The minimum Gasteiger partial charge on any atom is -0.460 e. The van der Waals surface area contributed by atoms with Crippen LogP contribution in [0.1, 0.15) is 51.7 Å². The maximum Gasteiger partial charge on any atom is 0.344 e. The molecular formula is C21H30O5. The maximum atomic E-state index is 12.2. The number of hydrogen-bond acceptors (Lipinski definition) is 5. The molecule has 1 aromatic rings. The Balaban J connectivity index is 1.88. The van der Waals surface area contributed by atoms with Crippen LogP contribution in [-0.4, -0.2) is 31.8 Å². The number of methoxy groups -OCH3 is 1. The molecule has 0 aromatic heterocycles. The van der Waals surface area contributed by atoms with E-state index in [1.807, 2.05) is 18.2 Å². The fourth-order valence-electron chi connectivity index (χ4n) is 3.66. The van der Waals surface area contributed by atoms with Gasteiger partial charge >= 0.3 is 11.9 Å². The summed E-state index contributed by atoms with van der Waals surface area (Å²) < 4.78 is 16.0. The summed E-state index contributed by atoms with van der Waals surface area (Å²) >= 11 is 0. The van der Waals surface area contributed by atoms with Gasteiger partial charge in [0.1, 0.15) is 6.10 Å². The predicted molar refractivity (Wildman–Crippen MR) is 98.4 cm³/mol. The molecule has 0 N–H and O–H groups in total. The molecule has 0 bridgehead atoms. The van der Waals surface area contributed by atoms with E-state index in [-0.39, 0.29) is 12.7 Å². The lowest BCUT2D eigenvalue weighted by atomic mass is 9.75. The Labute approximate surface area is 156 Å². The maximum absolute atomic E-state index is 12.2. The Morgan fingerprint density at radius 3 is 2.46 bits per heavy atom. The van der Waals surface area contributed by atoms with Gasteiger partial charge in [-0.25, -0.2) is 9.59 Å². The molecule has 0 spiro atoms. The number of carbonyl (C=O) groups excluding carboxylic acids is 2. The molecule has 0 heterocycles. The van der Waals surface area contributed by atoms with E-state index in [1.54, 1.807) is 12.1 Å². The van der Waals surface area contributed by atoms with Crippen LogP contribution in [0.25, 0.3) is 0 Å². The molecule has 1 fully saturated rings. The van der Waals surface area contributed by atoms with E-state index in [4.69, 9.17) is 14.2 Å². The van der Waals surface area contributed by atoms with Gasteiger partial charge in [0.15, 0.2) is 12.7 Å². The molecular weight excluding hydrogens is 332 g/mol. The lowest BCUT2D eigenvalue weighted by Crippen LogP contribution is -2.37. The van der Waals surface area contributed by atoms with Gasteiger partial charge in [0.25, 0.3) is 0 Å². The Morgan fingerprint density at radius 1 is 1.15 bits per heavy atom. The Kier molecular flexibility index (Phi) is 7.64. The smallest absolute Gasteiger partial charge is 0.344 e. The molecule has 5 heteroatoms. The first-order valence-electron chi connectivity index (χ1n) is 9.36. The summed E-state index contributed by atoms with van der Waals surface area (Å²) in [6, 6.07) is 9.06. The first-order chi connectivity index (χ1) is 12.4. The van der Waals surface area contributed by atoms with Crippen molar-refractivity contribution in [3.63, 3.8) is 0 Å². The van der Waals surface area contributed by atoms with Crippen LogP contribution in [0.3, 0.4) is 0 Å². The van der Waals surface area contributed by atoms with Crippen LogP contribution < -0.4 is 0 Å². The number of hydrogen-bond donors (Lipinski definition) is 0. The van der Waals surface area contributed by atoms with Gasteiger partial charge in [0.2, 0.25) is 0 Å². The van der Waals surface area contributed by atoms with Gasteiger partial charge in [-0.2, -0.15) is 0 Å². The van der Waals surface area contributed by atoms with Crippen molar-refractivity contribution in [2.45, 2.75) is 52.2 Å². The zero-order valence-electron chi connectivity index (χ0n) is 16.1. The molecule has 144 valence electrons. The molecule has 1 aliphatic carbocycles. The minimum atomic E-state index is -0.845. The van der Waals surface area contributed by atoms with Gasteiger partial charge in [0, 0.05) is 7.11 Å².